The number of nitro groups is 1. The standard InChI is InChI=1S/C26H22BrClN2O5/c27-19-5-10-23-22(13-19)24(32)29(14-17-1-8-21(9-2-17)30(33)34)26(23,18-3-6-20(28)7-4-18)35-16-25(15-31)11-12-25/h1-10,13,31H,11-12,14-16H2. The minimum Gasteiger partial charge on any atom is -0.396 e. The van der Waals surface area contributed by atoms with Crippen molar-refractivity contribution in [1.29, 1.82) is 0 Å². The first-order chi connectivity index (χ1) is 16.8. The third kappa shape index (κ3) is 4.25. The molecule has 35 heavy (non-hydrogen) atoms. The van der Waals surface area contributed by atoms with Crippen molar-refractivity contribution in [2.75, 3.05) is 13.2 Å². The van der Waals surface area contributed by atoms with Crippen LogP contribution in [0.3, 0.4) is 0 Å². The average molecular weight is 558 g/mol. The Hall–Kier alpha value is -2.78. The van der Waals surface area contributed by atoms with E-state index in [-0.39, 0.29) is 36.8 Å². The molecule has 0 bridgehead atoms. The number of halogens is 2. The Balaban J connectivity index is 1.65. The van der Waals surface area contributed by atoms with E-state index in [1.807, 2.05) is 24.3 Å². The lowest BCUT2D eigenvalue weighted by Crippen LogP contribution is -2.47. The molecule has 0 aromatic heterocycles. The van der Waals surface area contributed by atoms with E-state index in [0.29, 0.717) is 16.1 Å². The highest BCUT2D eigenvalue weighted by atomic mass is 79.9. The van der Waals surface area contributed by atoms with Crippen molar-refractivity contribution in [3.8, 4) is 0 Å². The number of nitro benzene ring substituents is 1. The lowest BCUT2D eigenvalue weighted by atomic mass is 9.92. The van der Waals surface area contributed by atoms with E-state index < -0.39 is 10.6 Å². The molecule has 5 rings (SSSR count). The maximum atomic E-state index is 13.8. The van der Waals surface area contributed by atoms with Gasteiger partial charge in [-0.1, -0.05) is 57.9 Å². The van der Waals surface area contributed by atoms with E-state index >= 15 is 0 Å². The van der Waals surface area contributed by atoms with E-state index in [0.717, 1.165) is 28.4 Å². The molecule has 0 spiro atoms. The van der Waals surface area contributed by atoms with Gasteiger partial charge in [-0.2, -0.15) is 0 Å². The summed E-state index contributed by atoms with van der Waals surface area (Å²) < 4.78 is 7.46. The van der Waals surface area contributed by atoms with E-state index in [1.165, 1.54) is 12.1 Å². The quantitative estimate of drug-likeness (QED) is 0.285. The van der Waals surface area contributed by atoms with E-state index in [9.17, 15) is 20.0 Å². The summed E-state index contributed by atoms with van der Waals surface area (Å²) in [4.78, 5) is 26.1. The van der Waals surface area contributed by atoms with Gasteiger partial charge >= 0.3 is 0 Å². The number of non-ortho nitro benzene ring substituents is 1. The topological polar surface area (TPSA) is 92.9 Å². The van der Waals surface area contributed by atoms with Crippen LogP contribution in [0.4, 0.5) is 5.69 Å². The number of rotatable bonds is 8. The Morgan fingerprint density at radius 1 is 1.09 bits per heavy atom. The SMILES string of the molecule is O=C1c2cc(Br)ccc2C(OCC2(CO)CC2)(c2ccc(Cl)cc2)N1Cc1ccc([N+](=O)[O-])cc1. The second kappa shape index (κ2) is 9.02. The minimum absolute atomic E-state index is 0.00713. The number of hydrogen-bond donors (Lipinski definition) is 1. The fourth-order valence-corrected chi connectivity index (χ4v) is 5.01. The molecule has 1 saturated carbocycles. The van der Waals surface area contributed by atoms with Crippen LogP contribution < -0.4 is 0 Å². The molecule has 9 heteroatoms. The number of nitrogens with zero attached hydrogens (tertiary/aromatic N) is 2. The van der Waals surface area contributed by atoms with E-state index in [2.05, 4.69) is 15.9 Å². The van der Waals surface area contributed by atoms with Crippen molar-refractivity contribution in [1.82, 2.24) is 4.90 Å². The zero-order chi connectivity index (χ0) is 24.8. The number of aliphatic hydroxyl groups excluding tert-OH is 1. The Kier molecular flexibility index (Phi) is 6.17. The molecule has 1 unspecified atom stereocenters. The van der Waals surface area contributed by atoms with Gasteiger partial charge in [0.1, 0.15) is 0 Å². The molecule has 1 N–H and O–H groups in total. The molecule has 3 aromatic rings. The number of amides is 1. The summed E-state index contributed by atoms with van der Waals surface area (Å²) in [5.74, 6) is -0.219. The van der Waals surface area contributed by atoms with Crippen molar-refractivity contribution in [2.45, 2.75) is 25.1 Å². The molecule has 1 aliphatic heterocycles. The monoisotopic (exact) mass is 556 g/mol. The van der Waals surface area contributed by atoms with Gasteiger partial charge in [-0.3, -0.25) is 19.8 Å². The molecule has 0 radical (unpaired) electrons. The smallest absolute Gasteiger partial charge is 0.269 e. The van der Waals surface area contributed by atoms with Crippen LogP contribution in [0.2, 0.25) is 5.02 Å². The summed E-state index contributed by atoms with van der Waals surface area (Å²) in [6.45, 7) is 0.441. The van der Waals surface area contributed by atoms with Crippen LogP contribution >= 0.6 is 27.5 Å². The minimum atomic E-state index is -1.26. The highest BCUT2D eigenvalue weighted by Gasteiger charge is 2.54. The number of aliphatic hydroxyl groups is 1. The van der Waals surface area contributed by atoms with Crippen LogP contribution in [0.5, 0.6) is 0 Å². The summed E-state index contributed by atoms with van der Waals surface area (Å²) in [7, 11) is 0. The van der Waals surface area contributed by atoms with Gasteiger partial charge in [-0.15, -0.1) is 0 Å². The predicted molar refractivity (Wildman–Crippen MR) is 134 cm³/mol. The third-order valence-electron chi connectivity index (χ3n) is 6.81. The Labute approximate surface area is 215 Å². The van der Waals surface area contributed by atoms with Gasteiger partial charge in [0, 0.05) is 50.3 Å². The van der Waals surface area contributed by atoms with Crippen molar-refractivity contribution in [3.05, 3.63) is 109 Å². The predicted octanol–water partition coefficient (Wildman–Crippen LogP) is 5.66. The highest BCUT2D eigenvalue weighted by Crippen LogP contribution is 2.51. The Bertz CT molecular complexity index is 1290. The first-order valence-electron chi connectivity index (χ1n) is 11.1. The zero-order valence-electron chi connectivity index (χ0n) is 18.6. The van der Waals surface area contributed by atoms with Gasteiger partial charge in [0.2, 0.25) is 0 Å². The molecule has 1 heterocycles. The molecule has 180 valence electrons. The molecule has 1 amide bonds. The van der Waals surface area contributed by atoms with Gasteiger partial charge in [0.25, 0.3) is 11.6 Å². The number of fused-ring (bicyclic) bond motifs is 1. The van der Waals surface area contributed by atoms with Gasteiger partial charge in [-0.25, -0.2) is 0 Å². The molecule has 3 aromatic carbocycles. The van der Waals surface area contributed by atoms with Crippen molar-refractivity contribution >= 4 is 39.1 Å². The largest absolute Gasteiger partial charge is 0.396 e. The third-order valence-corrected chi connectivity index (χ3v) is 7.55. The van der Waals surface area contributed by atoms with Crippen LogP contribution in [0.25, 0.3) is 0 Å². The number of carbonyl (C=O) groups is 1. The van der Waals surface area contributed by atoms with Crippen molar-refractivity contribution in [2.24, 2.45) is 5.41 Å². The number of ether oxygens (including phenoxy) is 1. The second-order valence-corrected chi connectivity index (χ2v) is 10.5. The van der Waals surface area contributed by atoms with Crippen molar-refractivity contribution in [3.63, 3.8) is 0 Å². The van der Waals surface area contributed by atoms with Crippen LogP contribution in [-0.4, -0.2) is 34.1 Å². The zero-order valence-corrected chi connectivity index (χ0v) is 21.0. The summed E-state index contributed by atoms with van der Waals surface area (Å²) in [6.07, 6.45) is 1.70. The van der Waals surface area contributed by atoms with Crippen LogP contribution in [0, 0.1) is 15.5 Å². The van der Waals surface area contributed by atoms with Crippen LogP contribution in [0.15, 0.2) is 71.2 Å². The first-order valence-corrected chi connectivity index (χ1v) is 12.3. The van der Waals surface area contributed by atoms with Crippen LogP contribution in [0.1, 0.15) is 39.9 Å². The fraction of sp³-hybridized carbons (Fsp3) is 0.269. The van der Waals surface area contributed by atoms with E-state index in [1.54, 1.807) is 35.2 Å². The molecule has 1 aliphatic carbocycles. The molecular weight excluding hydrogens is 536 g/mol. The summed E-state index contributed by atoms with van der Waals surface area (Å²) >= 11 is 9.66. The maximum Gasteiger partial charge on any atom is 0.269 e. The summed E-state index contributed by atoms with van der Waals surface area (Å²) in [5.41, 5.74) is 1.05. The fourth-order valence-electron chi connectivity index (χ4n) is 4.52. The second-order valence-electron chi connectivity index (χ2n) is 9.10. The van der Waals surface area contributed by atoms with Gasteiger partial charge in [0.05, 0.1) is 18.1 Å². The average Bonchev–Trinajstić information content (AvgIpc) is 3.61. The Morgan fingerprint density at radius 2 is 1.77 bits per heavy atom. The van der Waals surface area contributed by atoms with E-state index in [4.69, 9.17) is 16.3 Å². The van der Waals surface area contributed by atoms with Gasteiger partial charge in [-0.05, 0) is 42.7 Å². The maximum absolute atomic E-state index is 13.8. The molecule has 0 saturated heterocycles. The first kappa shape index (κ1) is 23.9. The highest BCUT2D eigenvalue weighted by molar-refractivity contribution is 9.10. The molecule has 1 fully saturated rings. The normalized spacial score (nSPS) is 20.1. The molecular formula is C26H22BrClN2O5. The lowest BCUT2D eigenvalue weighted by molar-refractivity contribution is -0.384. The van der Waals surface area contributed by atoms with Gasteiger partial charge in [0.15, 0.2) is 5.72 Å². The number of benzene rings is 3. The lowest BCUT2D eigenvalue weighted by Gasteiger charge is -2.40. The molecule has 7 nitrogen and oxygen atoms in total. The number of carbonyl (C=O) groups excluding carboxylic acids is 1. The Morgan fingerprint density at radius 3 is 2.37 bits per heavy atom. The molecule has 1 atom stereocenters. The van der Waals surface area contributed by atoms with Crippen LogP contribution in [-0.2, 0) is 17.0 Å². The summed E-state index contributed by atoms with van der Waals surface area (Å²) in [6, 6.07) is 18.9. The summed E-state index contributed by atoms with van der Waals surface area (Å²) in [5, 5.41) is 21.6. The molecule has 2 aliphatic rings. The number of hydrogen-bond acceptors (Lipinski definition) is 5. The van der Waals surface area contributed by atoms with Gasteiger partial charge < -0.3 is 9.84 Å². The van der Waals surface area contributed by atoms with Crippen molar-refractivity contribution < 1.29 is 19.6 Å².